The fraction of sp³-hybridized carbons (Fsp3) is 0.263. The van der Waals surface area contributed by atoms with Crippen LogP contribution in [0.25, 0.3) is 0 Å². The Hall–Kier alpha value is -2.62. The maximum Gasteiger partial charge on any atom is 0.261 e. The Kier molecular flexibility index (Phi) is 3.48. The van der Waals surface area contributed by atoms with Crippen molar-refractivity contribution < 1.29 is 9.59 Å². The molecule has 0 saturated heterocycles. The molecule has 2 amide bonds. The molecule has 3 rings (SSSR count). The Balaban J connectivity index is 2.38. The zero-order valence-corrected chi connectivity index (χ0v) is 13.8. The number of aryl methyl sites for hydroxylation is 2. The molecule has 0 aliphatic carbocycles. The first-order valence-electron chi connectivity index (χ1n) is 7.62. The molecule has 1 aliphatic rings. The number of rotatable bonds is 2. The van der Waals surface area contributed by atoms with E-state index in [1.165, 1.54) is 6.92 Å². The molecule has 4 nitrogen and oxygen atoms in total. The highest BCUT2D eigenvalue weighted by Gasteiger charge is 2.52. The number of amides is 2. The van der Waals surface area contributed by atoms with Crippen LogP contribution >= 0.6 is 0 Å². The predicted molar refractivity (Wildman–Crippen MR) is 90.4 cm³/mol. The lowest BCUT2D eigenvalue weighted by atomic mass is 9.81. The molecule has 0 bridgehead atoms. The predicted octanol–water partition coefficient (Wildman–Crippen LogP) is 2.66. The smallest absolute Gasteiger partial charge is 0.261 e. The average Bonchev–Trinajstić information content (AvgIpc) is 2.71. The van der Waals surface area contributed by atoms with Gasteiger partial charge in [0.25, 0.3) is 5.91 Å². The summed E-state index contributed by atoms with van der Waals surface area (Å²) in [7, 11) is 1.76. The highest BCUT2D eigenvalue weighted by molar-refractivity contribution is 6.11. The summed E-state index contributed by atoms with van der Waals surface area (Å²) < 4.78 is 0. The molecule has 0 fully saturated rings. The molecule has 2 aromatic carbocycles. The highest BCUT2D eigenvalue weighted by Crippen LogP contribution is 2.46. The summed E-state index contributed by atoms with van der Waals surface area (Å²) in [6, 6.07) is 13.5. The van der Waals surface area contributed by atoms with Crippen LogP contribution in [0.15, 0.2) is 42.5 Å². The first-order valence-corrected chi connectivity index (χ1v) is 7.62. The van der Waals surface area contributed by atoms with Crippen molar-refractivity contribution in [2.75, 3.05) is 11.9 Å². The molecule has 1 N–H and O–H groups in total. The summed E-state index contributed by atoms with van der Waals surface area (Å²) in [5.41, 5.74) is 3.41. The third-order valence-electron chi connectivity index (χ3n) is 4.39. The van der Waals surface area contributed by atoms with Crippen LogP contribution in [0.2, 0.25) is 0 Å². The number of fused-ring (bicyclic) bond motifs is 1. The Morgan fingerprint density at radius 2 is 1.78 bits per heavy atom. The zero-order chi connectivity index (χ0) is 16.8. The van der Waals surface area contributed by atoms with E-state index in [4.69, 9.17) is 0 Å². The first kappa shape index (κ1) is 15.3. The molecule has 1 aliphatic heterocycles. The Bertz CT molecular complexity index is 799. The lowest BCUT2D eigenvalue weighted by molar-refractivity contribution is -0.128. The summed E-state index contributed by atoms with van der Waals surface area (Å²) >= 11 is 0. The molecule has 0 radical (unpaired) electrons. The van der Waals surface area contributed by atoms with Gasteiger partial charge in [-0.2, -0.15) is 0 Å². The normalized spacial score (nSPS) is 19.7. The zero-order valence-electron chi connectivity index (χ0n) is 13.8. The van der Waals surface area contributed by atoms with Gasteiger partial charge < -0.3 is 10.2 Å². The quantitative estimate of drug-likeness (QED) is 0.927. The minimum absolute atomic E-state index is 0.136. The number of benzene rings is 2. The summed E-state index contributed by atoms with van der Waals surface area (Å²) in [4.78, 5) is 26.8. The number of carbonyl (C=O) groups excluding carboxylic acids is 2. The van der Waals surface area contributed by atoms with Gasteiger partial charge in [0.15, 0.2) is 5.54 Å². The van der Waals surface area contributed by atoms with Crippen LogP contribution in [0, 0.1) is 13.8 Å². The average molecular weight is 308 g/mol. The molecule has 0 aromatic heterocycles. The largest absolute Gasteiger partial charge is 0.335 e. The molecule has 1 heterocycles. The van der Waals surface area contributed by atoms with Gasteiger partial charge in [-0.05, 0) is 36.6 Å². The summed E-state index contributed by atoms with van der Waals surface area (Å²) in [5, 5.41) is 2.94. The molecule has 4 heteroatoms. The van der Waals surface area contributed by atoms with Gasteiger partial charge >= 0.3 is 0 Å². The summed E-state index contributed by atoms with van der Waals surface area (Å²) in [6.07, 6.45) is 0. The van der Waals surface area contributed by atoms with Gasteiger partial charge in [-0.15, -0.1) is 0 Å². The fourth-order valence-corrected chi connectivity index (χ4v) is 3.57. The van der Waals surface area contributed by atoms with Gasteiger partial charge in [0.05, 0.1) is 5.69 Å². The first-order chi connectivity index (χ1) is 10.9. The highest BCUT2D eigenvalue weighted by atomic mass is 16.2. The van der Waals surface area contributed by atoms with Crippen molar-refractivity contribution in [2.24, 2.45) is 0 Å². The third kappa shape index (κ3) is 2.13. The number of nitrogens with zero attached hydrogens (tertiary/aromatic N) is 1. The fourth-order valence-electron chi connectivity index (χ4n) is 3.57. The Morgan fingerprint density at radius 3 is 2.39 bits per heavy atom. The van der Waals surface area contributed by atoms with Crippen molar-refractivity contribution in [2.45, 2.75) is 26.3 Å². The molecule has 2 aromatic rings. The van der Waals surface area contributed by atoms with Crippen LogP contribution in [0.4, 0.5) is 5.69 Å². The van der Waals surface area contributed by atoms with Gasteiger partial charge in [-0.1, -0.05) is 36.4 Å². The third-order valence-corrected chi connectivity index (χ3v) is 4.39. The van der Waals surface area contributed by atoms with Crippen molar-refractivity contribution in [1.82, 2.24) is 5.32 Å². The van der Waals surface area contributed by atoms with Crippen molar-refractivity contribution in [3.05, 3.63) is 64.7 Å². The van der Waals surface area contributed by atoms with Crippen molar-refractivity contribution in [3.8, 4) is 0 Å². The minimum atomic E-state index is -1.16. The minimum Gasteiger partial charge on any atom is -0.335 e. The van der Waals surface area contributed by atoms with Crippen LogP contribution in [-0.2, 0) is 15.1 Å². The van der Waals surface area contributed by atoms with Crippen LogP contribution in [0.3, 0.4) is 0 Å². The maximum absolute atomic E-state index is 13.2. The topological polar surface area (TPSA) is 49.4 Å². The Morgan fingerprint density at radius 1 is 1.13 bits per heavy atom. The SMILES string of the molecule is CC(=O)NC1(c2ccccc2)C(=O)N(C)c2cc(C)cc(C)c21. The second kappa shape index (κ2) is 5.23. The molecule has 1 unspecified atom stereocenters. The number of hydrogen-bond donors (Lipinski definition) is 1. The Labute approximate surface area is 136 Å². The van der Waals surface area contributed by atoms with Crippen LogP contribution < -0.4 is 10.2 Å². The van der Waals surface area contributed by atoms with E-state index in [-0.39, 0.29) is 11.8 Å². The van der Waals surface area contributed by atoms with Crippen molar-refractivity contribution in [1.29, 1.82) is 0 Å². The molecule has 0 spiro atoms. The van der Waals surface area contributed by atoms with E-state index in [0.29, 0.717) is 0 Å². The van der Waals surface area contributed by atoms with Gasteiger partial charge in [0, 0.05) is 19.5 Å². The lowest BCUT2D eigenvalue weighted by Gasteiger charge is -2.30. The van der Waals surface area contributed by atoms with Gasteiger partial charge in [-0.3, -0.25) is 9.59 Å². The molecule has 0 saturated carbocycles. The number of nitrogens with one attached hydrogen (secondary N) is 1. The van der Waals surface area contributed by atoms with E-state index in [2.05, 4.69) is 5.32 Å². The van der Waals surface area contributed by atoms with Crippen LogP contribution in [0.1, 0.15) is 29.2 Å². The summed E-state index contributed by atoms with van der Waals surface area (Å²) in [6.45, 7) is 5.43. The van der Waals surface area contributed by atoms with Crippen molar-refractivity contribution in [3.63, 3.8) is 0 Å². The molecular weight excluding hydrogens is 288 g/mol. The van der Waals surface area contributed by atoms with E-state index in [1.54, 1.807) is 11.9 Å². The number of carbonyl (C=O) groups is 2. The summed E-state index contributed by atoms with van der Waals surface area (Å²) in [5.74, 6) is -0.369. The molecule has 23 heavy (non-hydrogen) atoms. The van der Waals surface area contributed by atoms with Gasteiger partial charge in [0.2, 0.25) is 5.91 Å². The van der Waals surface area contributed by atoms with E-state index < -0.39 is 5.54 Å². The van der Waals surface area contributed by atoms with Crippen LogP contribution in [0.5, 0.6) is 0 Å². The van der Waals surface area contributed by atoms with E-state index in [1.807, 2.05) is 56.3 Å². The molecule has 118 valence electrons. The maximum atomic E-state index is 13.2. The van der Waals surface area contributed by atoms with Crippen molar-refractivity contribution >= 4 is 17.5 Å². The lowest BCUT2D eigenvalue weighted by Crippen LogP contribution is -2.52. The number of hydrogen-bond acceptors (Lipinski definition) is 2. The van der Waals surface area contributed by atoms with Gasteiger partial charge in [0.1, 0.15) is 0 Å². The van der Waals surface area contributed by atoms with Crippen LogP contribution in [-0.4, -0.2) is 18.9 Å². The van der Waals surface area contributed by atoms with E-state index in [9.17, 15) is 9.59 Å². The second-order valence-corrected chi connectivity index (χ2v) is 6.14. The molecule has 1 atom stereocenters. The van der Waals surface area contributed by atoms with E-state index >= 15 is 0 Å². The number of likely N-dealkylation sites (N-methyl/N-ethyl adjacent to an activating group) is 1. The van der Waals surface area contributed by atoms with E-state index in [0.717, 1.165) is 27.9 Å². The monoisotopic (exact) mass is 308 g/mol. The standard InChI is InChI=1S/C19H20N2O2/c1-12-10-13(2)17-16(11-12)21(4)18(23)19(17,20-14(3)22)15-8-6-5-7-9-15/h5-11H,1-4H3,(H,20,22). The second-order valence-electron chi connectivity index (χ2n) is 6.14. The molecular formula is C19H20N2O2. The number of anilines is 1. The van der Waals surface area contributed by atoms with Gasteiger partial charge in [-0.25, -0.2) is 0 Å².